The van der Waals surface area contributed by atoms with Crippen molar-refractivity contribution in [3.8, 4) is 0 Å². The zero-order valence-corrected chi connectivity index (χ0v) is 22.4. The summed E-state index contributed by atoms with van der Waals surface area (Å²) in [4.78, 5) is 34.5. The Labute approximate surface area is 212 Å². The number of ether oxygens (including phenoxy) is 2. The Hall–Kier alpha value is -1.80. The van der Waals surface area contributed by atoms with Gasteiger partial charge in [0, 0.05) is 9.75 Å². The first-order valence-corrected chi connectivity index (χ1v) is 14.5. The Morgan fingerprint density at radius 2 is 1.00 bits per heavy atom. The molecule has 0 aliphatic rings. The fourth-order valence-corrected chi connectivity index (χ4v) is 5.63. The molecule has 0 aromatic carbocycles. The van der Waals surface area contributed by atoms with Crippen LogP contribution in [-0.2, 0) is 44.7 Å². The summed E-state index contributed by atoms with van der Waals surface area (Å²) in [6.07, 6.45) is 15.2. The Morgan fingerprint density at radius 3 is 1.35 bits per heavy atom. The summed E-state index contributed by atoms with van der Waals surface area (Å²) in [5, 5.41) is 0. The summed E-state index contributed by atoms with van der Waals surface area (Å²) in [6.45, 7) is 4.50. The van der Waals surface area contributed by atoms with Crippen molar-refractivity contribution >= 4 is 34.6 Å². The van der Waals surface area contributed by atoms with E-state index in [-0.39, 0.29) is 11.9 Å². The van der Waals surface area contributed by atoms with Crippen molar-refractivity contribution in [3.63, 3.8) is 0 Å². The van der Waals surface area contributed by atoms with Crippen LogP contribution in [0, 0.1) is 0 Å². The molecule has 190 valence electrons. The van der Waals surface area contributed by atoms with Crippen molar-refractivity contribution in [1.29, 1.82) is 0 Å². The Kier molecular flexibility index (Phi) is 14.7. The van der Waals surface area contributed by atoms with Gasteiger partial charge in [-0.25, -0.2) is 9.97 Å². The van der Waals surface area contributed by atoms with Crippen LogP contribution >= 0.6 is 22.7 Å². The fraction of sp³-hybridized carbons (Fsp3) is 0.692. The van der Waals surface area contributed by atoms with Gasteiger partial charge in [0.05, 0.1) is 48.5 Å². The van der Waals surface area contributed by atoms with Gasteiger partial charge in [-0.05, 0) is 39.5 Å². The molecule has 0 saturated heterocycles. The van der Waals surface area contributed by atoms with E-state index in [0.29, 0.717) is 26.1 Å². The van der Waals surface area contributed by atoms with Gasteiger partial charge in [-0.1, -0.05) is 51.4 Å². The monoisotopic (exact) mass is 508 g/mol. The lowest BCUT2D eigenvalue weighted by Gasteiger charge is -2.05. The standard InChI is InChI=1S/C26H40N2O4S2/c1-3-31-25(29)17-21-23(33-19-27-21)15-13-11-9-7-5-6-8-10-12-14-16-24-22(28-20-34-24)18-26(30)32-4-2/h19-20H,3-18H2,1-2H3. The highest BCUT2D eigenvalue weighted by Crippen LogP contribution is 2.20. The summed E-state index contributed by atoms with van der Waals surface area (Å²) in [6, 6.07) is 0. The summed E-state index contributed by atoms with van der Waals surface area (Å²) in [5.74, 6) is -0.367. The van der Waals surface area contributed by atoms with E-state index in [0.717, 1.165) is 37.1 Å². The molecular weight excluding hydrogens is 468 g/mol. The SMILES string of the molecule is CCOC(=O)Cc1ncsc1CCCCCCCCCCCCc1scnc1CC(=O)OCC. The van der Waals surface area contributed by atoms with Gasteiger partial charge in [0.1, 0.15) is 0 Å². The number of hydrogen-bond acceptors (Lipinski definition) is 8. The van der Waals surface area contributed by atoms with E-state index in [9.17, 15) is 9.59 Å². The molecule has 0 aliphatic heterocycles. The number of unbranched alkanes of at least 4 members (excludes halogenated alkanes) is 9. The van der Waals surface area contributed by atoms with E-state index >= 15 is 0 Å². The van der Waals surface area contributed by atoms with Crippen molar-refractivity contribution in [3.05, 3.63) is 32.2 Å². The molecule has 0 N–H and O–H groups in total. The third-order valence-corrected chi connectivity index (χ3v) is 7.61. The molecule has 8 heteroatoms. The second kappa shape index (κ2) is 17.6. The summed E-state index contributed by atoms with van der Waals surface area (Å²) in [7, 11) is 0. The maximum Gasteiger partial charge on any atom is 0.311 e. The number of nitrogens with zero attached hydrogens (tertiary/aromatic N) is 2. The van der Waals surface area contributed by atoms with Crippen LogP contribution < -0.4 is 0 Å². The molecule has 0 unspecified atom stereocenters. The summed E-state index contributed by atoms with van der Waals surface area (Å²) < 4.78 is 10.1. The van der Waals surface area contributed by atoms with Crippen LogP contribution in [0.4, 0.5) is 0 Å². The second-order valence-corrected chi connectivity index (χ2v) is 10.3. The zero-order chi connectivity index (χ0) is 24.4. The molecule has 2 aromatic rings. The first kappa shape index (κ1) is 28.4. The predicted molar refractivity (Wildman–Crippen MR) is 138 cm³/mol. The lowest BCUT2D eigenvalue weighted by Crippen LogP contribution is -2.09. The number of esters is 2. The van der Waals surface area contributed by atoms with Crippen molar-refractivity contribution in [2.24, 2.45) is 0 Å². The summed E-state index contributed by atoms with van der Waals surface area (Å²) >= 11 is 3.31. The summed E-state index contributed by atoms with van der Waals surface area (Å²) in [5.41, 5.74) is 5.47. The Morgan fingerprint density at radius 1 is 0.647 bits per heavy atom. The maximum atomic E-state index is 11.7. The third-order valence-electron chi connectivity index (χ3n) is 5.74. The Bertz CT molecular complexity index is 766. The minimum absolute atomic E-state index is 0.183. The number of aryl methyl sites for hydroxylation is 2. The average Bonchev–Trinajstić information content (AvgIpc) is 3.44. The van der Waals surface area contributed by atoms with Crippen LogP contribution in [0.5, 0.6) is 0 Å². The van der Waals surface area contributed by atoms with Crippen LogP contribution in [0.15, 0.2) is 11.0 Å². The van der Waals surface area contributed by atoms with E-state index in [2.05, 4.69) is 9.97 Å². The molecule has 6 nitrogen and oxygen atoms in total. The highest BCUT2D eigenvalue weighted by atomic mass is 32.1. The largest absolute Gasteiger partial charge is 0.466 e. The Balaban J connectivity index is 1.44. The third kappa shape index (κ3) is 11.6. The first-order valence-electron chi connectivity index (χ1n) is 12.8. The lowest BCUT2D eigenvalue weighted by atomic mass is 10.0. The second-order valence-electron chi connectivity index (χ2n) is 8.44. The molecule has 2 rings (SSSR count). The van der Waals surface area contributed by atoms with Gasteiger partial charge >= 0.3 is 11.9 Å². The van der Waals surface area contributed by atoms with E-state index in [4.69, 9.17) is 9.47 Å². The van der Waals surface area contributed by atoms with Crippen molar-refractivity contribution in [1.82, 2.24) is 9.97 Å². The topological polar surface area (TPSA) is 78.4 Å². The fourth-order valence-electron chi connectivity index (χ4n) is 3.96. The number of thiazole rings is 2. The molecule has 0 saturated carbocycles. The van der Waals surface area contributed by atoms with Crippen LogP contribution in [0.1, 0.15) is 99.2 Å². The molecule has 34 heavy (non-hydrogen) atoms. The zero-order valence-electron chi connectivity index (χ0n) is 20.8. The number of rotatable bonds is 19. The molecule has 0 radical (unpaired) electrons. The number of carbonyl (C=O) groups is 2. The molecule has 0 spiro atoms. The molecule has 0 bridgehead atoms. The van der Waals surface area contributed by atoms with Crippen molar-refractivity contribution in [2.45, 2.75) is 104 Å². The predicted octanol–water partition coefficient (Wildman–Crippen LogP) is 6.50. The van der Waals surface area contributed by atoms with E-state index in [1.54, 1.807) is 22.7 Å². The van der Waals surface area contributed by atoms with Gasteiger partial charge in [0.15, 0.2) is 0 Å². The van der Waals surface area contributed by atoms with Gasteiger partial charge in [-0.3, -0.25) is 9.59 Å². The van der Waals surface area contributed by atoms with Crippen LogP contribution in [0.25, 0.3) is 0 Å². The molecule has 0 amide bonds. The van der Waals surface area contributed by atoms with Crippen molar-refractivity contribution < 1.29 is 19.1 Å². The smallest absolute Gasteiger partial charge is 0.311 e. The quantitative estimate of drug-likeness (QED) is 0.159. The minimum Gasteiger partial charge on any atom is -0.466 e. The number of aromatic nitrogens is 2. The van der Waals surface area contributed by atoms with Gasteiger partial charge < -0.3 is 9.47 Å². The molecule has 0 atom stereocenters. The van der Waals surface area contributed by atoms with Gasteiger partial charge in [-0.2, -0.15) is 0 Å². The van der Waals surface area contributed by atoms with E-state index < -0.39 is 0 Å². The first-order chi connectivity index (χ1) is 16.6. The van der Waals surface area contributed by atoms with Crippen LogP contribution in [-0.4, -0.2) is 35.1 Å². The van der Waals surface area contributed by atoms with Gasteiger partial charge in [0.2, 0.25) is 0 Å². The van der Waals surface area contributed by atoms with Crippen LogP contribution in [0.3, 0.4) is 0 Å². The minimum atomic E-state index is -0.183. The highest BCUT2D eigenvalue weighted by Gasteiger charge is 2.12. The average molecular weight is 509 g/mol. The maximum absolute atomic E-state index is 11.7. The van der Waals surface area contributed by atoms with Crippen molar-refractivity contribution in [2.75, 3.05) is 13.2 Å². The highest BCUT2D eigenvalue weighted by molar-refractivity contribution is 7.10. The van der Waals surface area contributed by atoms with Crippen LogP contribution in [0.2, 0.25) is 0 Å². The normalized spacial score (nSPS) is 11.0. The van der Waals surface area contributed by atoms with E-state index in [1.807, 2.05) is 24.9 Å². The van der Waals surface area contributed by atoms with Gasteiger partial charge in [-0.15, -0.1) is 22.7 Å². The molecule has 0 fully saturated rings. The molecule has 2 aromatic heterocycles. The lowest BCUT2D eigenvalue weighted by molar-refractivity contribution is -0.143. The van der Waals surface area contributed by atoms with E-state index in [1.165, 1.54) is 61.1 Å². The number of carbonyl (C=O) groups excluding carboxylic acids is 2. The molecule has 2 heterocycles. The molecule has 0 aliphatic carbocycles. The number of hydrogen-bond donors (Lipinski definition) is 0. The van der Waals surface area contributed by atoms with Gasteiger partial charge in [0.25, 0.3) is 0 Å². The molecular formula is C26H40N2O4S2.